The van der Waals surface area contributed by atoms with Gasteiger partial charge in [-0.2, -0.15) is 0 Å². The first-order valence-corrected chi connectivity index (χ1v) is 10.4. The van der Waals surface area contributed by atoms with Crippen molar-refractivity contribution in [1.29, 1.82) is 0 Å². The fraction of sp³-hybridized carbons (Fsp3) is 0.611. The van der Waals surface area contributed by atoms with Crippen molar-refractivity contribution < 1.29 is 12.8 Å². The highest BCUT2D eigenvalue weighted by atomic mass is 32.2. The van der Waals surface area contributed by atoms with Crippen LogP contribution in [0.4, 0.5) is 10.1 Å². The molecule has 1 fully saturated rings. The van der Waals surface area contributed by atoms with E-state index in [1.807, 2.05) is 17.9 Å². The SMILES string of the molecule is CCNC(=NCc1ccc(N(C)C)c(F)c1)N1CCS(=O)(=O)C(C)(C)C1. The number of sulfone groups is 1. The number of aliphatic imine (C=N–C) groups is 1. The number of benzene rings is 1. The van der Waals surface area contributed by atoms with Gasteiger partial charge in [0.1, 0.15) is 5.82 Å². The first kappa shape index (κ1) is 20.5. The van der Waals surface area contributed by atoms with E-state index in [1.165, 1.54) is 6.07 Å². The van der Waals surface area contributed by atoms with E-state index in [0.717, 1.165) is 5.56 Å². The van der Waals surface area contributed by atoms with Crippen molar-refractivity contribution >= 4 is 21.5 Å². The maximum atomic E-state index is 14.1. The third kappa shape index (κ3) is 4.47. The van der Waals surface area contributed by atoms with E-state index in [-0.39, 0.29) is 11.6 Å². The lowest BCUT2D eigenvalue weighted by molar-refractivity contribution is 0.353. The summed E-state index contributed by atoms with van der Waals surface area (Å²) in [5.74, 6) is 0.488. The van der Waals surface area contributed by atoms with Gasteiger partial charge in [-0.1, -0.05) is 6.07 Å². The highest BCUT2D eigenvalue weighted by molar-refractivity contribution is 7.92. The Bertz CT molecular complexity index is 775. The molecule has 1 aliphatic rings. The fourth-order valence-corrected chi connectivity index (χ4v) is 4.29. The van der Waals surface area contributed by atoms with Crippen molar-refractivity contribution in [3.05, 3.63) is 29.6 Å². The minimum Gasteiger partial charge on any atom is -0.375 e. The number of anilines is 1. The van der Waals surface area contributed by atoms with Crippen LogP contribution in [0.3, 0.4) is 0 Å². The van der Waals surface area contributed by atoms with E-state index < -0.39 is 14.6 Å². The van der Waals surface area contributed by atoms with Crippen molar-refractivity contribution in [2.75, 3.05) is 44.4 Å². The number of nitrogens with one attached hydrogen (secondary N) is 1. The second-order valence-corrected chi connectivity index (χ2v) is 10.1. The Kier molecular flexibility index (Phi) is 6.16. The van der Waals surface area contributed by atoms with Crippen molar-refractivity contribution in [3.8, 4) is 0 Å². The highest BCUT2D eigenvalue weighted by Gasteiger charge is 2.40. The smallest absolute Gasteiger partial charge is 0.194 e. The Balaban J connectivity index is 2.18. The van der Waals surface area contributed by atoms with Crippen LogP contribution in [0.1, 0.15) is 26.3 Å². The molecule has 1 saturated heterocycles. The van der Waals surface area contributed by atoms with Gasteiger partial charge in [0.25, 0.3) is 0 Å². The summed E-state index contributed by atoms with van der Waals surface area (Å²) in [5, 5.41) is 3.21. The van der Waals surface area contributed by atoms with Gasteiger partial charge in [0.2, 0.25) is 0 Å². The molecule has 1 aromatic rings. The molecule has 1 aliphatic heterocycles. The number of hydrogen-bond donors (Lipinski definition) is 1. The van der Waals surface area contributed by atoms with Crippen LogP contribution in [0.15, 0.2) is 23.2 Å². The molecule has 1 N–H and O–H groups in total. The van der Waals surface area contributed by atoms with E-state index in [2.05, 4.69) is 10.3 Å². The number of halogens is 1. The average molecular weight is 385 g/mol. The molecule has 0 unspecified atom stereocenters. The molecule has 2 rings (SSSR count). The van der Waals surface area contributed by atoms with E-state index in [4.69, 9.17) is 0 Å². The number of hydrogen-bond acceptors (Lipinski definition) is 4. The average Bonchev–Trinajstić information content (AvgIpc) is 2.54. The van der Waals surface area contributed by atoms with Gasteiger partial charge in [0.15, 0.2) is 15.8 Å². The van der Waals surface area contributed by atoms with Crippen molar-refractivity contribution in [2.24, 2.45) is 4.99 Å². The summed E-state index contributed by atoms with van der Waals surface area (Å²) in [7, 11) is 0.488. The lowest BCUT2D eigenvalue weighted by Crippen LogP contribution is -2.57. The molecule has 1 heterocycles. The van der Waals surface area contributed by atoms with E-state index >= 15 is 0 Å². The molecule has 0 spiro atoms. The largest absolute Gasteiger partial charge is 0.375 e. The molecule has 8 heteroatoms. The van der Waals surface area contributed by atoms with Gasteiger partial charge in [-0.15, -0.1) is 0 Å². The van der Waals surface area contributed by atoms with Crippen molar-refractivity contribution in [1.82, 2.24) is 10.2 Å². The molecule has 0 aromatic heterocycles. The predicted molar refractivity (Wildman–Crippen MR) is 105 cm³/mol. The molecule has 26 heavy (non-hydrogen) atoms. The maximum absolute atomic E-state index is 14.1. The van der Waals surface area contributed by atoms with Gasteiger partial charge in [0, 0.05) is 33.7 Å². The predicted octanol–water partition coefficient (Wildman–Crippen LogP) is 1.87. The van der Waals surface area contributed by atoms with Gasteiger partial charge in [-0.05, 0) is 38.5 Å². The maximum Gasteiger partial charge on any atom is 0.194 e. The van der Waals surface area contributed by atoms with Crippen LogP contribution in [0.25, 0.3) is 0 Å². The van der Waals surface area contributed by atoms with E-state index in [0.29, 0.717) is 37.8 Å². The van der Waals surface area contributed by atoms with E-state index in [9.17, 15) is 12.8 Å². The Labute approximate surface area is 156 Å². The molecular weight excluding hydrogens is 355 g/mol. The summed E-state index contributed by atoms with van der Waals surface area (Å²) in [6.45, 7) is 7.25. The molecule has 146 valence electrons. The summed E-state index contributed by atoms with van der Waals surface area (Å²) >= 11 is 0. The first-order valence-electron chi connectivity index (χ1n) is 8.78. The standard InChI is InChI=1S/C18H29FN4O2S/c1-6-20-17(23-9-10-26(24,25)18(2,3)13-23)21-12-14-7-8-16(22(4)5)15(19)11-14/h7-8,11H,6,9-10,12-13H2,1-5H3,(H,20,21). The van der Waals surface area contributed by atoms with Crippen LogP contribution in [0, 0.1) is 5.82 Å². The van der Waals surface area contributed by atoms with E-state index in [1.54, 1.807) is 38.9 Å². The van der Waals surface area contributed by atoms with Crippen molar-refractivity contribution in [2.45, 2.75) is 32.1 Å². The highest BCUT2D eigenvalue weighted by Crippen LogP contribution is 2.24. The van der Waals surface area contributed by atoms with Gasteiger partial charge in [0.05, 0.1) is 22.7 Å². The zero-order chi connectivity index (χ0) is 19.5. The minimum atomic E-state index is -3.11. The molecule has 0 amide bonds. The first-order chi connectivity index (χ1) is 12.1. The lowest BCUT2D eigenvalue weighted by atomic mass is 10.2. The Morgan fingerprint density at radius 2 is 2.08 bits per heavy atom. The lowest BCUT2D eigenvalue weighted by Gasteiger charge is -2.39. The monoisotopic (exact) mass is 384 g/mol. The Morgan fingerprint density at radius 3 is 2.62 bits per heavy atom. The molecular formula is C18H29FN4O2S. The molecule has 0 aliphatic carbocycles. The van der Waals surface area contributed by atoms with Gasteiger partial charge in [-0.3, -0.25) is 0 Å². The molecule has 1 aromatic carbocycles. The van der Waals surface area contributed by atoms with Crippen LogP contribution in [0.2, 0.25) is 0 Å². The quantitative estimate of drug-likeness (QED) is 0.634. The summed E-state index contributed by atoms with van der Waals surface area (Å²) < 4.78 is 37.7. The third-order valence-electron chi connectivity index (χ3n) is 4.58. The molecule has 6 nitrogen and oxygen atoms in total. The second kappa shape index (κ2) is 7.82. The normalized spacial score (nSPS) is 19.3. The van der Waals surface area contributed by atoms with Crippen LogP contribution < -0.4 is 10.2 Å². The topological polar surface area (TPSA) is 65.0 Å². The molecule has 0 bridgehead atoms. The number of guanidine groups is 1. The van der Waals surface area contributed by atoms with Gasteiger partial charge >= 0.3 is 0 Å². The molecule has 0 atom stereocenters. The van der Waals surface area contributed by atoms with Crippen LogP contribution >= 0.6 is 0 Å². The number of rotatable bonds is 4. The number of nitrogens with zero attached hydrogens (tertiary/aromatic N) is 3. The Hall–Kier alpha value is -1.83. The summed E-state index contributed by atoms with van der Waals surface area (Å²) in [6, 6.07) is 5.09. The fourth-order valence-electron chi connectivity index (χ4n) is 2.93. The summed E-state index contributed by atoms with van der Waals surface area (Å²) in [6.07, 6.45) is 0. The third-order valence-corrected chi connectivity index (χ3v) is 7.12. The van der Waals surface area contributed by atoms with Crippen LogP contribution in [-0.4, -0.2) is 63.5 Å². The van der Waals surface area contributed by atoms with Crippen LogP contribution in [-0.2, 0) is 16.4 Å². The molecule has 0 radical (unpaired) electrons. The second-order valence-electron chi connectivity index (χ2n) is 7.35. The zero-order valence-electron chi connectivity index (χ0n) is 16.2. The summed E-state index contributed by atoms with van der Waals surface area (Å²) in [5.41, 5.74) is 1.31. The molecule has 0 saturated carbocycles. The summed E-state index contributed by atoms with van der Waals surface area (Å²) in [4.78, 5) is 8.28. The van der Waals surface area contributed by atoms with Crippen molar-refractivity contribution in [3.63, 3.8) is 0 Å². The van der Waals surface area contributed by atoms with Crippen LogP contribution in [0.5, 0.6) is 0 Å². The van der Waals surface area contributed by atoms with Gasteiger partial charge in [-0.25, -0.2) is 17.8 Å². The van der Waals surface area contributed by atoms with Gasteiger partial charge < -0.3 is 15.1 Å². The minimum absolute atomic E-state index is 0.108. The zero-order valence-corrected chi connectivity index (χ0v) is 17.0. The Morgan fingerprint density at radius 1 is 1.38 bits per heavy atom.